The van der Waals surface area contributed by atoms with E-state index in [1.54, 1.807) is 0 Å². The lowest BCUT2D eigenvalue weighted by Gasteiger charge is -2.16. The summed E-state index contributed by atoms with van der Waals surface area (Å²) in [5.41, 5.74) is 0. The van der Waals surface area contributed by atoms with Gasteiger partial charge in [-0.1, -0.05) is 76.9 Å². The van der Waals surface area contributed by atoms with E-state index in [1.165, 1.54) is 83.5 Å². The highest BCUT2D eigenvalue weighted by Crippen LogP contribution is 2.10. The zero-order chi connectivity index (χ0) is 17.9. The molecule has 0 atom stereocenters. The van der Waals surface area contributed by atoms with Crippen molar-refractivity contribution in [3.05, 3.63) is 12.2 Å². The Kier molecular flexibility index (Phi) is 22.3. The van der Waals surface area contributed by atoms with Crippen molar-refractivity contribution < 1.29 is 9.90 Å². The van der Waals surface area contributed by atoms with Gasteiger partial charge in [-0.2, -0.15) is 0 Å². The van der Waals surface area contributed by atoms with Crippen LogP contribution in [0, 0.1) is 0 Å². The third kappa shape index (κ3) is 23.1. The molecule has 0 aromatic carbocycles. The fourth-order valence-corrected chi connectivity index (χ4v) is 2.93. The standard InChI is InChI=1S/C21H41NO2.H3N/c1-3-4-5-6-7-8-9-10-11-12-13-14-15-16-17-18-19-22(2)20-21(23)24;/h10-11H,3-9,12-20H2,1-2H3,(H,23,24);1H3/b11-10-;. The first kappa shape index (κ1) is 26.4. The van der Waals surface area contributed by atoms with E-state index >= 15 is 0 Å². The number of unbranched alkanes of at least 4 members (excludes halogenated alkanes) is 12. The minimum Gasteiger partial charge on any atom is -0.549 e. The normalized spacial score (nSPS) is 11.2. The van der Waals surface area contributed by atoms with E-state index in [9.17, 15) is 9.90 Å². The predicted molar refractivity (Wildman–Crippen MR) is 108 cm³/mol. The van der Waals surface area contributed by atoms with Crippen molar-refractivity contribution in [1.82, 2.24) is 11.1 Å². The van der Waals surface area contributed by atoms with E-state index in [2.05, 4.69) is 19.1 Å². The molecule has 0 spiro atoms. The molecule has 0 aliphatic heterocycles. The number of carboxylic acid groups (broad SMARTS) is 1. The van der Waals surface area contributed by atoms with Gasteiger partial charge in [-0.05, 0) is 45.7 Å². The Labute approximate surface area is 156 Å². The number of likely N-dealkylation sites (N-methyl/N-ethyl adjacent to an activating group) is 1. The Morgan fingerprint density at radius 1 is 0.800 bits per heavy atom. The maximum absolute atomic E-state index is 10.4. The second-order valence-corrected chi connectivity index (χ2v) is 7.05. The Bertz CT molecular complexity index is 306. The van der Waals surface area contributed by atoms with Crippen molar-refractivity contribution in [2.45, 2.75) is 96.8 Å². The molecule has 0 rings (SSSR count). The number of allylic oxidation sites excluding steroid dienone is 2. The summed E-state index contributed by atoms with van der Waals surface area (Å²) >= 11 is 0. The monoisotopic (exact) mass is 356 g/mol. The van der Waals surface area contributed by atoms with Crippen molar-refractivity contribution in [3.8, 4) is 0 Å². The van der Waals surface area contributed by atoms with E-state index < -0.39 is 5.97 Å². The summed E-state index contributed by atoms with van der Waals surface area (Å²) in [7, 11) is 1.84. The number of carbonyl (C=O) groups excluding carboxylic acids is 1. The van der Waals surface area contributed by atoms with Crippen LogP contribution in [0.2, 0.25) is 0 Å². The fourth-order valence-electron chi connectivity index (χ4n) is 2.93. The predicted octanol–water partition coefficient (Wildman–Crippen LogP) is 5.08. The number of hydrogen-bond donors (Lipinski definition) is 1. The molecule has 25 heavy (non-hydrogen) atoms. The molecule has 150 valence electrons. The van der Waals surface area contributed by atoms with Crippen molar-refractivity contribution in [3.63, 3.8) is 0 Å². The van der Waals surface area contributed by atoms with Gasteiger partial charge < -0.3 is 21.0 Å². The molecular formula is C21H44N2O2. The number of nitrogens with zero attached hydrogens (tertiary/aromatic N) is 1. The van der Waals surface area contributed by atoms with E-state index in [-0.39, 0.29) is 12.7 Å². The first-order valence-corrected chi connectivity index (χ1v) is 10.2. The average molecular weight is 357 g/mol. The molecule has 4 nitrogen and oxygen atoms in total. The van der Waals surface area contributed by atoms with E-state index in [1.807, 2.05) is 11.9 Å². The summed E-state index contributed by atoms with van der Waals surface area (Å²) in [6, 6.07) is 0. The van der Waals surface area contributed by atoms with Gasteiger partial charge in [-0.25, -0.2) is 0 Å². The quantitative estimate of drug-likeness (QED) is 0.274. The average Bonchev–Trinajstić information content (AvgIpc) is 2.53. The molecule has 0 unspecified atom stereocenters. The van der Waals surface area contributed by atoms with Crippen LogP contribution in [0.15, 0.2) is 12.2 Å². The molecule has 0 saturated carbocycles. The molecule has 0 heterocycles. The van der Waals surface area contributed by atoms with Crippen LogP contribution in [0.4, 0.5) is 0 Å². The third-order valence-electron chi connectivity index (χ3n) is 4.45. The minimum absolute atomic E-state index is 0. The summed E-state index contributed by atoms with van der Waals surface area (Å²) in [4.78, 5) is 12.2. The molecule has 0 aromatic rings. The second kappa shape index (κ2) is 21.2. The Hall–Kier alpha value is -0.870. The van der Waals surface area contributed by atoms with Gasteiger partial charge in [0.05, 0.1) is 5.97 Å². The van der Waals surface area contributed by atoms with Crippen LogP contribution in [0.5, 0.6) is 0 Å². The summed E-state index contributed by atoms with van der Waals surface area (Å²) < 4.78 is 0. The number of hydrogen-bond acceptors (Lipinski definition) is 3. The van der Waals surface area contributed by atoms with Crippen molar-refractivity contribution in [1.29, 1.82) is 0 Å². The zero-order valence-corrected chi connectivity index (χ0v) is 17.2. The zero-order valence-electron chi connectivity index (χ0n) is 17.2. The maximum atomic E-state index is 10.4. The fraction of sp³-hybridized carbons (Fsp3) is 0.857. The summed E-state index contributed by atoms with van der Waals surface area (Å²) in [6.07, 6.45) is 23.0. The van der Waals surface area contributed by atoms with Crippen LogP contribution < -0.4 is 11.3 Å². The van der Waals surface area contributed by atoms with Crippen molar-refractivity contribution >= 4 is 5.97 Å². The molecule has 0 aromatic heterocycles. The lowest BCUT2D eigenvalue weighted by atomic mass is 10.1. The van der Waals surface area contributed by atoms with E-state index in [4.69, 9.17) is 0 Å². The summed E-state index contributed by atoms with van der Waals surface area (Å²) in [5, 5.41) is 10.4. The van der Waals surface area contributed by atoms with Gasteiger partial charge in [0.25, 0.3) is 0 Å². The molecule has 0 radical (unpaired) electrons. The molecule has 4 N–H and O–H groups in total. The highest BCUT2D eigenvalue weighted by molar-refractivity contribution is 5.66. The number of aliphatic carboxylic acids is 1. The molecular weight excluding hydrogens is 312 g/mol. The molecule has 0 fully saturated rings. The van der Waals surface area contributed by atoms with Crippen LogP contribution in [0.3, 0.4) is 0 Å². The van der Waals surface area contributed by atoms with Crippen LogP contribution >= 0.6 is 0 Å². The van der Waals surface area contributed by atoms with Crippen LogP contribution in [-0.2, 0) is 4.79 Å². The maximum Gasteiger partial charge on any atom is 0.0554 e. The Morgan fingerprint density at radius 3 is 1.72 bits per heavy atom. The highest BCUT2D eigenvalue weighted by atomic mass is 16.4. The smallest absolute Gasteiger partial charge is 0.0554 e. The molecule has 0 aliphatic carbocycles. The van der Waals surface area contributed by atoms with Gasteiger partial charge in [-0.3, -0.25) is 0 Å². The molecule has 0 aliphatic rings. The van der Waals surface area contributed by atoms with Gasteiger partial charge in [0.2, 0.25) is 0 Å². The van der Waals surface area contributed by atoms with E-state index in [0.29, 0.717) is 0 Å². The Balaban J connectivity index is 0. The summed E-state index contributed by atoms with van der Waals surface area (Å²) in [6.45, 7) is 3.17. The minimum atomic E-state index is -0.984. The summed E-state index contributed by atoms with van der Waals surface area (Å²) in [5.74, 6) is -0.984. The molecule has 4 heteroatoms. The molecule has 0 amide bonds. The van der Waals surface area contributed by atoms with Gasteiger partial charge in [-0.15, -0.1) is 0 Å². The van der Waals surface area contributed by atoms with Gasteiger partial charge >= 0.3 is 0 Å². The van der Waals surface area contributed by atoms with Crippen LogP contribution in [0.1, 0.15) is 96.8 Å². The molecule has 0 saturated heterocycles. The van der Waals surface area contributed by atoms with Gasteiger partial charge in [0, 0.05) is 6.54 Å². The van der Waals surface area contributed by atoms with Crippen molar-refractivity contribution in [2.75, 3.05) is 20.1 Å². The Morgan fingerprint density at radius 2 is 1.24 bits per heavy atom. The van der Waals surface area contributed by atoms with E-state index in [0.717, 1.165) is 13.0 Å². The SMILES string of the molecule is CCCCCCCC/C=C\CCCCCCCCN(C)CC(=O)[O-].[NH4+]. The van der Waals surface area contributed by atoms with Crippen molar-refractivity contribution in [2.24, 2.45) is 0 Å². The number of carbonyl (C=O) groups is 1. The van der Waals surface area contributed by atoms with Gasteiger partial charge in [0.15, 0.2) is 0 Å². The number of rotatable bonds is 18. The first-order chi connectivity index (χ1) is 11.7. The molecule has 0 bridgehead atoms. The lowest BCUT2D eigenvalue weighted by molar-refractivity contribution is -0.306. The van der Waals surface area contributed by atoms with Crippen LogP contribution in [-0.4, -0.2) is 31.0 Å². The van der Waals surface area contributed by atoms with Crippen LogP contribution in [0.25, 0.3) is 0 Å². The second-order valence-electron chi connectivity index (χ2n) is 7.05. The number of carboxylic acids is 1. The highest BCUT2D eigenvalue weighted by Gasteiger charge is 1.98. The van der Waals surface area contributed by atoms with Gasteiger partial charge in [0.1, 0.15) is 0 Å². The lowest BCUT2D eigenvalue weighted by Crippen LogP contribution is -2.36. The largest absolute Gasteiger partial charge is 0.549 e. The number of quaternary nitrogens is 1. The first-order valence-electron chi connectivity index (χ1n) is 10.2. The topological polar surface area (TPSA) is 79.9 Å². The third-order valence-corrected chi connectivity index (χ3v) is 4.45.